The van der Waals surface area contributed by atoms with Gasteiger partial charge in [-0.05, 0) is 30.3 Å². The van der Waals surface area contributed by atoms with Crippen molar-refractivity contribution in [1.82, 2.24) is 5.32 Å². The monoisotopic (exact) mass is 390 g/mol. The molecule has 7 heteroatoms. The third-order valence-corrected chi connectivity index (χ3v) is 5.75. The fraction of sp³-hybridized carbons (Fsp3) is 0.368. The predicted octanol–water partition coefficient (Wildman–Crippen LogP) is 1.98. The summed E-state index contributed by atoms with van der Waals surface area (Å²) >= 11 is 7.05. The van der Waals surface area contributed by atoms with Crippen molar-refractivity contribution in [2.75, 3.05) is 25.5 Å². The molecular weight excluding hydrogens is 366 g/mol. The van der Waals surface area contributed by atoms with Gasteiger partial charge < -0.3 is 20.3 Å². The summed E-state index contributed by atoms with van der Waals surface area (Å²) in [5.74, 6) is -0.266. The number of nitrogens with one attached hydrogen (secondary N) is 3. The summed E-state index contributed by atoms with van der Waals surface area (Å²) in [7, 11) is 2.17. The highest BCUT2D eigenvalue weighted by molar-refractivity contribution is 7.80. The molecule has 138 valence electrons. The molecule has 0 spiro atoms. The van der Waals surface area contributed by atoms with Gasteiger partial charge in [0.25, 0.3) is 0 Å². The number of rotatable bonds is 5. The molecule has 3 rings (SSSR count). The number of hydrogen-bond donors (Lipinski definition) is 3. The second kappa shape index (κ2) is 8.62. The summed E-state index contributed by atoms with van der Waals surface area (Å²) < 4.78 is 5.29. The molecule has 1 aliphatic rings. The third kappa shape index (κ3) is 4.41. The first-order valence-corrected chi connectivity index (χ1v) is 10.0. The molecule has 1 aromatic heterocycles. The molecule has 0 radical (unpaired) electrons. The number of thiophene rings is 1. The second-order valence-corrected chi connectivity index (χ2v) is 7.87. The molecule has 0 saturated heterocycles. The van der Waals surface area contributed by atoms with Crippen LogP contribution in [0.3, 0.4) is 0 Å². The number of carbonyl (C=O) groups is 1. The van der Waals surface area contributed by atoms with Crippen LogP contribution in [-0.4, -0.2) is 31.3 Å². The van der Waals surface area contributed by atoms with Gasteiger partial charge in [-0.2, -0.15) is 0 Å². The molecule has 1 aliphatic heterocycles. The van der Waals surface area contributed by atoms with Crippen LogP contribution in [0.5, 0.6) is 0 Å². The summed E-state index contributed by atoms with van der Waals surface area (Å²) in [6.07, 6.45) is 0.887. The summed E-state index contributed by atoms with van der Waals surface area (Å²) in [6, 6.07) is 10.1. The molecule has 0 fully saturated rings. The first-order chi connectivity index (χ1) is 12.6. The number of anilines is 1. The van der Waals surface area contributed by atoms with Gasteiger partial charge in [0.15, 0.2) is 5.11 Å². The molecule has 1 atom stereocenters. The number of quaternary nitrogens is 1. The van der Waals surface area contributed by atoms with Gasteiger partial charge >= 0.3 is 5.97 Å². The number of carbonyl (C=O) groups excluding carboxylic acids is 1. The maximum absolute atomic E-state index is 12.5. The Kier molecular flexibility index (Phi) is 6.24. The summed E-state index contributed by atoms with van der Waals surface area (Å²) in [5.41, 5.74) is 2.92. The van der Waals surface area contributed by atoms with Crippen molar-refractivity contribution in [2.24, 2.45) is 0 Å². The molecule has 26 heavy (non-hydrogen) atoms. The maximum Gasteiger partial charge on any atom is 0.341 e. The Morgan fingerprint density at radius 1 is 1.35 bits per heavy atom. The number of thiocarbonyl (C=S) groups is 1. The van der Waals surface area contributed by atoms with Gasteiger partial charge in [0.1, 0.15) is 11.5 Å². The average molecular weight is 391 g/mol. The van der Waals surface area contributed by atoms with Gasteiger partial charge in [0, 0.05) is 13.0 Å². The van der Waals surface area contributed by atoms with E-state index in [0.717, 1.165) is 35.6 Å². The Hall–Kier alpha value is -1.96. The fourth-order valence-corrected chi connectivity index (χ4v) is 4.65. The van der Waals surface area contributed by atoms with E-state index < -0.39 is 0 Å². The van der Waals surface area contributed by atoms with Crippen LogP contribution in [0.4, 0.5) is 5.00 Å². The highest BCUT2D eigenvalue weighted by Gasteiger charge is 2.29. The van der Waals surface area contributed by atoms with Crippen molar-refractivity contribution in [1.29, 1.82) is 0 Å². The Morgan fingerprint density at radius 2 is 2.12 bits per heavy atom. The van der Waals surface area contributed by atoms with Gasteiger partial charge in [-0.1, -0.05) is 30.3 Å². The Balaban J connectivity index is 1.75. The number of benzene rings is 1. The lowest BCUT2D eigenvalue weighted by molar-refractivity contribution is -0.895. The van der Waals surface area contributed by atoms with Crippen molar-refractivity contribution in [3.63, 3.8) is 0 Å². The average Bonchev–Trinajstić information content (AvgIpc) is 2.98. The van der Waals surface area contributed by atoms with Crippen LogP contribution in [0.15, 0.2) is 30.3 Å². The van der Waals surface area contributed by atoms with Crippen molar-refractivity contribution < 1.29 is 14.4 Å². The molecule has 1 unspecified atom stereocenters. The molecule has 5 nitrogen and oxygen atoms in total. The van der Waals surface area contributed by atoms with Crippen molar-refractivity contribution in [3.8, 4) is 0 Å². The highest BCUT2D eigenvalue weighted by Crippen LogP contribution is 2.35. The van der Waals surface area contributed by atoms with Crippen molar-refractivity contribution in [2.45, 2.75) is 26.4 Å². The molecule has 0 amide bonds. The third-order valence-electron chi connectivity index (χ3n) is 4.36. The maximum atomic E-state index is 12.5. The van der Waals surface area contributed by atoms with Crippen LogP contribution in [0.1, 0.15) is 33.3 Å². The molecule has 0 saturated carbocycles. The van der Waals surface area contributed by atoms with Crippen LogP contribution in [0.25, 0.3) is 0 Å². The standard InChI is InChI=1S/C19H23N3O2S2/c1-3-24-18(23)16-14-9-10-22(2)12-15(14)26-17(16)21-19(25)20-11-13-7-5-4-6-8-13/h4-8H,3,9-12H2,1-2H3,(H2,20,21,25)/p+1. The van der Waals surface area contributed by atoms with Gasteiger partial charge in [0.2, 0.25) is 0 Å². The lowest BCUT2D eigenvalue weighted by atomic mass is 10.0. The van der Waals surface area contributed by atoms with Gasteiger partial charge in [-0.3, -0.25) is 0 Å². The van der Waals surface area contributed by atoms with E-state index in [1.54, 1.807) is 11.3 Å². The number of hydrogen-bond acceptors (Lipinski definition) is 4. The highest BCUT2D eigenvalue weighted by atomic mass is 32.1. The van der Waals surface area contributed by atoms with E-state index in [1.165, 1.54) is 9.78 Å². The van der Waals surface area contributed by atoms with Crippen molar-refractivity contribution in [3.05, 3.63) is 51.9 Å². The molecule has 2 aromatic rings. The van der Waals surface area contributed by atoms with Crippen LogP contribution >= 0.6 is 23.6 Å². The molecule has 1 aromatic carbocycles. The first-order valence-electron chi connectivity index (χ1n) is 8.80. The topological polar surface area (TPSA) is 54.8 Å². The summed E-state index contributed by atoms with van der Waals surface area (Å²) in [4.78, 5) is 15.2. The van der Waals surface area contributed by atoms with E-state index in [1.807, 2.05) is 37.3 Å². The van der Waals surface area contributed by atoms with Gasteiger partial charge in [-0.15, -0.1) is 11.3 Å². The zero-order valence-corrected chi connectivity index (χ0v) is 16.7. The van der Waals surface area contributed by atoms with E-state index in [-0.39, 0.29) is 5.97 Å². The van der Waals surface area contributed by atoms with Crippen molar-refractivity contribution >= 4 is 39.6 Å². The van der Waals surface area contributed by atoms with Crippen LogP contribution < -0.4 is 15.5 Å². The summed E-state index contributed by atoms with van der Waals surface area (Å²) in [6.45, 7) is 4.78. The lowest BCUT2D eigenvalue weighted by Gasteiger charge is -2.19. The van der Waals surface area contributed by atoms with E-state index in [0.29, 0.717) is 23.8 Å². The molecule has 0 aliphatic carbocycles. The zero-order valence-electron chi connectivity index (χ0n) is 15.1. The number of fused-ring (bicyclic) bond motifs is 1. The smallest absolute Gasteiger partial charge is 0.341 e. The molecule has 0 bridgehead atoms. The largest absolute Gasteiger partial charge is 0.462 e. The Bertz CT molecular complexity index is 790. The Morgan fingerprint density at radius 3 is 2.85 bits per heavy atom. The van der Waals surface area contributed by atoms with E-state index in [2.05, 4.69) is 17.7 Å². The number of esters is 1. The molecular formula is C19H24N3O2S2+. The summed E-state index contributed by atoms with van der Waals surface area (Å²) in [5, 5.41) is 7.72. The second-order valence-electron chi connectivity index (χ2n) is 6.36. The van der Waals surface area contributed by atoms with Crippen LogP contribution in [-0.2, 0) is 24.2 Å². The number of ether oxygens (including phenoxy) is 1. The van der Waals surface area contributed by atoms with E-state index >= 15 is 0 Å². The van der Waals surface area contributed by atoms with Crippen LogP contribution in [0, 0.1) is 0 Å². The fourth-order valence-electron chi connectivity index (χ4n) is 3.05. The van der Waals surface area contributed by atoms with E-state index in [4.69, 9.17) is 17.0 Å². The quantitative estimate of drug-likeness (QED) is 0.538. The minimum Gasteiger partial charge on any atom is -0.462 e. The minimum absolute atomic E-state index is 0.266. The molecule has 3 N–H and O–H groups in total. The first kappa shape index (κ1) is 18.8. The number of likely N-dealkylation sites (N-methyl/N-ethyl adjacent to an activating group) is 1. The van der Waals surface area contributed by atoms with E-state index in [9.17, 15) is 4.79 Å². The molecule has 2 heterocycles. The predicted molar refractivity (Wildman–Crippen MR) is 109 cm³/mol. The van der Waals surface area contributed by atoms with Gasteiger partial charge in [0.05, 0.1) is 30.6 Å². The minimum atomic E-state index is -0.266. The zero-order chi connectivity index (χ0) is 18.5. The normalized spacial score (nSPS) is 15.8. The lowest BCUT2D eigenvalue weighted by Crippen LogP contribution is -3.08. The van der Waals surface area contributed by atoms with Crippen LogP contribution in [0.2, 0.25) is 0 Å². The SMILES string of the molecule is CCOC(=O)c1c(NC(=S)NCc2ccccc2)sc2c1CC[NH+](C)C2. The van der Waals surface area contributed by atoms with Gasteiger partial charge in [-0.25, -0.2) is 4.79 Å². The Labute approximate surface area is 163 Å².